The van der Waals surface area contributed by atoms with Crippen molar-refractivity contribution in [3.63, 3.8) is 0 Å². The molecule has 0 aromatic heterocycles. The predicted octanol–water partition coefficient (Wildman–Crippen LogP) is 12.6. The highest BCUT2D eigenvalue weighted by Crippen LogP contribution is 2.23. The number of hydrogen-bond acceptors (Lipinski definition) is 8. The molecule has 0 radical (unpaired) electrons. The quantitative estimate of drug-likeness (QED) is 0.0261. The number of carbonyl (C=O) groups is 1. The zero-order valence-corrected chi connectivity index (χ0v) is 41.1. The van der Waals surface area contributed by atoms with Crippen LogP contribution in [0.15, 0.2) is 24.3 Å². The highest BCUT2D eigenvalue weighted by Gasteiger charge is 2.44. The Hall–Kier alpha value is -1.33. The van der Waals surface area contributed by atoms with Gasteiger partial charge in [-0.05, 0) is 25.7 Å². The first-order valence-electron chi connectivity index (χ1n) is 27.1. The molecule has 0 spiro atoms. The third kappa shape index (κ3) is 34.6. The molecule has 1 amide bonds. The first kappa shape index (κ1) is 59.7. The Bertz CT molecular complexity index is 1040. The van der Waals surface area contributed by atoms with Crippen molar-refractivity contribution in [1.82, 2.24) is 5.32 Å². The molecule has 1 heterocycles. The summed E-state index contributed by atoms with van der Waals surface area (Å²) in [4.78, 5) is 12.9. The molecule has 1 saturated heterocycles. The topological polar surface area (TPSA) is 149 Å². The van der Waals surface area contributed by atoms with Gasteiger partial charge in [0.15, 0.2) is 6.29 Å². The van der Waals surface area contributed by atoms with Crippen molar-refractivity contribution in [2.75, 3.05) is 13.2 Å². The van der Waals surface area contributed by atoms with E-state index in [2.05, 4.69) is 31.3 Å². The first-order valence-corrected chi connectivity index (χ1v) is 27.1. The van der Waals surface area contributed by atoms with E-state index in [1.807, 2.05) is 6.08 Å². The van der Waals surface area contributed by atoms with Crippen molar-refractivity contribution in [3.05, 3.63) is 24.3 Å². The van der Waals surface area contributed by atoms with Gasteiger partial charge in [0.25, 0.3) is 0 Å². The Labute approximate surface area is 388 Å². The second-order valence-corrected chi connectivity index (χ2v) is 19.0. The summed E-state index contributed by atoms with van der Waals surface area (Å²) in [5.41, 5.74) is 0. The van der Waals surface area contributed by atoms with Gasteiger partial charge in [-0.15, -0.1) is 0 Å². The summed E-state index contributed by atoms with van der Waals surface area (Å²) in [5.74, 6) is -0.186. The Morgan fingerprint density at radius 3 is 1.32 bits per heavy atom. The van der Waals surface area contributed by atoms with Crippen molar-refractivity contribution in [1.29, 1.82) is 0 Å². The molecule has 0 aliphatic carbocycles. The van der Waals surface area contributed by atoms with Crippen LogP contribution in [0.3, 0.4) is 0 Å². The second kappa shape index (κ2) is 44.5. The van der Waals surface area contributed by atoms with Gasteiger partial charge in [-0.25, -0.2) is 0 Å². The van der Waals surface area contributed by atoms with Crippen molar-refractivity contribution in [2.45, 2.75) is 301 Å². The van der Waals surface area contributed by atoms with E-state index in [9.17, 15) is 30.3 Å². The van der Waals surface area contributed by atoms with Gasteiger partial charge in [-0.3, -0.25) is 4.79 Å². The van der Waals surface area contributed by atoms with Crippen LogP contribution in [0.1, 0.15) is 258 Å². The molecule has 0 saturated carbocycles. The number of amides is 1. The van der Waals surface area contributed by atoms with Gasteiger partial charge in [0.2, 0.25) is 5.91 Å². The molecule has 9 nitrogen and oxygen atoms in total. The van der Waals surface area contributed by atoms with Crippen LogP contribution < -0.4 is 5.32 Å². The van der Waals surface area contributed by atoms with E-state index in [1.54, 1.807) is 6.08 Å². The normalized spacial score (nSPS) is 20.3. The molecule has 7 atom stereocenters. The maximum atomic E-state index is 12.9. The smallest absolute Gasteiger partial charge is 0.220 e. The summed E-state index contributed by atoms with van der Waals surface area (Å²) in [6.07, 6.45) is 48.7. The number of rotatable bonds is 46. The summed E-state index contributed by atoms with van der Waals surface area (Å²) in [7, 11) is 0. The average Bonchev–Trinajstić information content (AvgIpc) is 3.28. The minimum absolute atomic E-state index is 0.186. The van der Waals surface area contributed by atoms with E-state index >= 15 is 0 Å². The van der Waals surface area contributed by atoms with Crippen molar-refractivity contribution in [3.8, 4) is 0 Å². The minimum atomic E-state index is -1.57. The molecule has 372 valence electrons. The van der Waals surface area contributed by atoms with Gasteiger partial charge in [-0.2, -0.15) is 0 Å². The van der Waals surface area contributed by atoms with E-state index in [-0.39, 0.29) is 12.5 Å². The maximum absolute atomic E-state index is 12.9. The Morgan fingerprint density at radius 2 is 0.905 bits per heavy atom. The monoisotopic (exact) mass is 894 g/mol. The lowest BCUT2D eigenvalue weighted by molar-refractivity contribution is -0.302. The summed E-state index contributed by atoms with van der Waals surface area (Å²) in [6.45, 7) is 3.70. The van der Waals surface area contributed by atoms with Gasteiger partial charge >= 0.3 is 0 Å². The zero-order valence-electron chi connectivity index (χ0n) is 41.1. The highest BCUT2D eigenvalue weighted by molar-refractivity contribution is 5.76. The Kier molecular flexibility index (Phi) is 42.2. The average molecular weight is 894 g/mol. The fourth-order valence-electron chi connectivity index (χ4n) is 8.69. The molecule has 0 bridgehead atoms. The van der Waals surface area contributed by atoms with E-state index in [0.29, 0.717) is 6.42 Å². The standard InChI is InChI=1S/C54H103NO8/c1-3-5-7-9-11-13-14-15-16-17-18-19-20-21-22-23-24-25-26-27-28-29-30-31-32-33-34-35-36-38-40-42-44-50(58)55-47(48(57)43-41-39-37-12-10-8-6-4-2)46-62-54-53(61)52(60)51(59)49(45-56)63-54/h10,12,41,43,47-49,51-54,56-57,59-61H,3-9,11,13-40,42,44-46H2,1-2H3,(H,55,58)/b12-10+,43-41+. The zero-order chi connectivity index (χ0) is 45.9. The predicted molar refractivity (Wildman–Crippen MR) is 263 cm³/mol. The van der Waals surface area contributed by atoms with Gasteiger partial charge in [0.05, 0.1) is 25.4 Å². The van der Waals surface area contributed by atoms with Crippen LogP contribution in [-0.2, 0) is 14.3 Å². The summed E-state index contributed by atoms with van der Waals surface area (Å²) >= 11 is 0. The number of nitrogens with one attached hydrogen (secondary N) is 1. The summed E-state index contributed by atoms with van der Waals surface area (Å²) < 4.78 is 11.2. The lowest BCUT2D eigenvalue weighted by Crippen LogP contribution is -2.60. The number of carbonyl (C=O) groups excluding carboxylic acids is 1. The van der Waals surface area contributed by atoms with Crippen LogP contribution in [-0.4, -0.2) is 87.5 Å². The van der Waals surface area contributed by atoms with E-state index < -0.39 is 49.5 Å². The van der Waals surface area contributed by atoms with Gasteiger partial charge in [0, 0.05) is 6.42 Å². The first-order chi connectivity index (χ1) is 30.8. The molecular weight excluding hydrogens is 791 g/mol. The van der Waals surface area contributed by atoms with Crippen molar-refractivity contribution < 1.29 is 39.8 Å². The number of aliphatic hydroxyl groups excluding tert-OH is 5. The van der Waals surface area contributed by atoms with Crippen LogP contribution in [0.25, 0.3) is 0 Å². The number of hydrogen-bond donors (Lipinski definition) is 6. The molecule has 6 N–H and O–H groups in total. The molecule has 0 aromatic carbocycles. The van der Waals surface area contributed by atoms with Crippen molar-refractivity contribution >= 4 is 5.91 Å². The lowest BCUT2D eigenvalue weighted by atomic mass is 9.99. The maximum Gasteiger partial charge on any atom is 0.220 e. The van der Waals surface area contributed by atoms with E-state index in [1.165, 1.54) is 193 Å². The molecule has 7 unspecified atom stereocenters. The fourth-order valence-corrected chi connectivity index (χ4v) is 8.69. The number of allylic oxidation sites excluding steroid dienone is 3. The highest BCUT2D eigenvalue weighted by atomic mass is 16.7. The lowest BCUT2D eigenvalue weighted by Gasteiger charge is -2.40. The Balaban J connectivity index is 2.04. The SMILES string of the molecule is CCCC/C=C/CC/C=C/C(O)C(COC1OC(CO)C(O)C(O)C1O)NC(=O)CCCCCCCCCCCCCCCCCCCCCCCCCCCCCCCCCC. The number of aliphatic hydroxyl groups is 5. The molecule has 1 aliphatic rings. The molecule has 9 heteroatoms. The second-order valence-electron chi connectivity index (χ2n) is 19.0. The minimum Gasteiger partial charge on any atom is -0.394 e. The van der Waals surface area contributed by atoms with E-state index in [4.69, 9.17) is 9.47 Å². The van der Waals surface area contributed by atoms with Crippen LogP contribution in [0, 0.1) is 0 Å². The van der Waals surface area contributed by atoms with Gasteiger partial charge in [-0.1, -0.05) is 250 Å². The van der Waals surface area contributed by atoms with Gasteiger partial charge in [0.1, 0.15) is 24.4 Å². The van der Waals surface area contributed by atoms with Crippen LogP contribution in [0.2, 0.25) is 0 Å². The third-order valence-electron chi connectivity index (χ3n) is 13.0. The number of ether oxygens (including phenoxy) is 2. The molecule has 0 aromatic rings. The van der Waals surface area contributed by atoms with Crippen LogP contribution in [0.4, 0.5) is 0 Å². The van der Waals surface area contributed by atoms with Crippen molar-refractivity contribution in [2.24, 2.45) is 0 Å². The Morgan fingerprint density at radius 1 is 0.524 bits per heavy atom. The fraction of sp³-hybridized carbons (Fsp3) is 0.907. The summed E-state index contributed by atoms with van der Waals surface area (Å²) in [6, 6.07) is -0.815. The largest absolute Gasteiger partial charge is 0.394 e. The third-order valence-corrected chi connectivity index (χ3v) is 13.0. The van der Waals surface area contributed by atoms with Crippen LogP contribution in [0.5, 0.6) is 0 Å². The van der Waals surface area contributed by atoms with Crippen LogP contribution >= 0.6 is 0 Å². The molecule has 1 fully saturated rings. The van der Waals surface area contributed by atoms with E-state index in [0.717, 1.165) is 44.9 Å². The summed E-state index contributed by atoms with van der Waals surface area (Å²) in [5, 5.41) is 54.0. The molecule has 1 rings (SSSR count). The molecular formula is C54H103NO8. The number of unbranched alkanes of at least 4 members (excludes halogenated alkanes) is 34. The molecule has 63 heavy (non-hydrogen) atoms. The van der Waals surface area contributed by atoms with Gasteiger partial charge < -0.3 is 40.3 Å². The molecule has 1 aliphatic heterocycles.